The molecule has 0 aliphatic rings. The van der Waals surface area contributed by atoms with Gasteiger partial charge in [0.05, 0.1) is 15.1 Å². The molecule has 0 atom stereocenters. The zero-order chi connectivity index (χ0) is 13.3. The second kappa shape index (κ2) is 5.14. The Morgan fingerprint density at radius 1 is 1.39 bits per heavy atom. The number of aromatic nitrogens is 1. The lowest BCUT2D eigenvalue weighted by atomic mass is 10.3. The van der Waals surface area contributed by atoms with Crippen LogP contribution < -0.4 is 5.32 Å². The lowest BCUT2D eigenvalue weighted by Gasteiger charge is -2.06. The number of phenols is 1. The molecule has 0 unspecified atom stereocenters. The summed E-state index contributed by atoms with van der Waals surface area (Å²) in [7, 11) is 0. The van der Waals surface area contributed by atoms with Crippen molar-refractivity contribution in [1.82, 2.24) is 4.98 Å². The van der Waals surface area contributed by atoms with Crippen molar-refractivity contribution < 1.29 is 9.90 Å². The number of halogens is 2. The number of carbonyl (C=O) groups is 1. The Labute approximate surface area is 117 Å². The highest BCUT2D eigenvalue weighted by Gasteiger charge is 2.12. The van der Waals surface area contributed by atoms with Gasteiger partial charge in [-0.25, -0.2) is 4.98 Å². The molecule has 0 fully saturated rings. The average molecular weight is 303 g/mol. The molecule has 2 aromatic rings. The van der Waals surface area contributed by atoms with Gasteiger partial charge in [-0.2, -0.15) is 0 Å². The molecule has 0 saturated heterocycles. The van der Waals surface area contributed by atoms with Crippen LogP contribution >= 0.6 is 34.5 Å². The van der Waals surface area contributed by atoms with E-state index in [1.807, 2.05) is 6.92 Å². The summed E-state index contributed by atoms with van der Waals surface area (Å²) in [4.78, 5) is 15.9. The normalized spacial score (nSPS) is 10.4. The van der Waals surface area contributed by atoms with Gasteiger partial charge in [-0.1, -0.05) is 23.2 Å². The van der Waals surface area contributed by atoms with E-state index in [4.69, 9.17) is 23.2 Å². The third-order valence-corrected chi connectivity index (χ3v) is 3.48. The van der Waals surface area contributed by atoms with Crippen molar-refractivity contribution in [2.75, 3.05) is 5.32 Å². The van der Waals surface area contributed by atoms with Gasteiger partial charge in [0.15, 0.2) is 5.75 Å². The molecule has 0 radical (unpaired) electrons. The van der Waals surface area contributed by atoms with Gasteiger partial charge in [-0.05, 0) is 19.1 Å². The lowest BCUT2D eigenvalue weighted by molar-refractivity contribution is 0.102. The Kier molecular flexibility index (Phi) is 3.75. The molecule has 0 bridgehead atoms. The van der Waals surface area contributed by atoms with Crippen LogP contribution in [0, 0.1) is 6.92 Å². The highest BCUT2D eigenvalue weighted by molar-refractivity contribution is 7.09. The number of hydrogen-bond acceptors (Lipinski definition) is 4. The average Bonchev–Trinajstić information content (AvgIpc) is 2.72. The molecule has 1 aromatic heterocycles. The molecular formula is C11H8Cl2N2O2S. The van der Waals surface area contributed by atoms with Crippen molar-refractivity contribution in [2.24, 2.45) is 0 Å². The van der Waals surface area contributed by atoms with Crippen molar-refractivity contribution in [3.63, 3.8) is 0 Å². The topological polar surface area (TPSA) is 62.2 Å². The third-order valence-electron chi connectivity index (χ3n) is 2.13. The number of anilines is 1. The summed E-state index contributed by atoms with van der Waals surface area (Å²) in [5.41, 5.74) is 0.733. The summed E-state index contributed by atoms with van der Waals surface area (Å²) in [5, 5.41) is 14.6. The maximum Gasteiger partial charge on any atom is 0.275 e. The van der Waals surface area contributed by atoms with Crippen LogP contribution in [0.1, 0.15) is 15.5 Å². The van der Waals surface area contributed by atoms with E-state index < -0.39 is 0 Å². The molecule has 94 valence electrons. The molecular weight excluding hydrogens is 295 g/mol. The van der Waals surface area contributed by atoms with E-state index in [0.717, 1.165) is 5.01 Å². The summed E-state index contributed by atoms with van der Waals surface area (Å²) < 4.78 is 0. The fourth-order valence-electron chi connectivity index (χ4n) is 1.30. The first-order valence-corrected chi connectivity index (χ1v) is 6.52. The quantitative estimate of drug-likeness (QED) is 0.831. The molecule has 2 rings (SSSR count). The molecule has 1 amide bonds. The number of aryl methyl sites for hydroxylation is 1. The van der Waals surface area contributed by atoms with Crippen molar-refractivity contribution >= 4 is 46.1 Å². The first-order chi connectivity index (χ1) is 8.47. The van der Waals surface area contributed by atoms with Crippen LogP contribution in [0.15, 0.2) is 17.5 Å². The van der Waals surface area contributed by atoms with E-state index in [1.165, 1.54) is 23.5 Å². The molecule has 0 aliphatic carbocycles. The monoisotopic (exact) mass is 302 g/mol. The number of thiazole rings is 1. The van der Waals surface area contributed by atoms with Crippen molar-refractivity contribution in [1.29, 1.82) is 0 Å². The summed E-state index contributed by atoms with van der Waals surface area (Å²) in [6.07, 6.45) is 0. The van der Waals surface area contributed by atoms with E-state index in [-0.39, 0.29) is 21.7 Å². The van der Waals surface area contributed by atoms with Gasteiger partial charge >= 0.3 is 0 Å². The highest BCUT2D eigenvalue weighted by Crippen LogP contribution is 2.34. The Hall–Kier alpha value is -1.30. The van der Waals surface area contributed by atoms with Crippen LogP contribution in [-0.2, 0) is 0 Å². The van der Waals surface area contributed by atoms with Crippen molar-refractivity contribution in [3.05, 3.63) is 38.3 Å². The standard InChI is InChI=1S/C11H8Cl2N2O2S/c1-5-14-9(4-18-5)11(17)15-6-2-7(12)10(16)8(13)3-6/h2-4,16H,1H3,(H,15,17). The van der Waals surface area contributed by atoms with Gasteiger partial charge in [-0.3, -0.25) is 4.79 Å². The van der Waals surface area contributed by atoms with Crippen molar-refractivity contribution in [2.45, 2.75) is 6.92 Å². The summed E-state index contributed by atoms with van der Waals surface area (Å²) in [5.74, 6) is -0.557. The zero-order valence-corrected chi connectivity index (χ0v) is 11.5. The van der Waals surface area contributed by atoms with Crippen LogP contribution in [0.4, 0.5) is 5.69 Å². The molecule has 7 heteroatoms. The first-order valence-electron chi connectivity index (χ1n) is 4.89. The largest absolute Gasteiger partial charge is 0.505 e. The van der Waals surface area contributed by atoms with Gasteiger partial charge in [0.25, 0.3) is 5.91 Å². The Bertz CT molecular complexity index is 590. The van der Waals surface area contributed by atoms with Crippen molar-refractivity contribution in [3.8, 4) is 5.75 Å². The second-order valence-electron chi connectivity index (χ2n) is 3.49. The molecule has 2 N–H and O–H groups in total. The van der Waals surface area contributed by atoms with E-state index in [1.54, 1.807) is 5.38 Å². The Morgan fingerprint density at radius 3 is 2.50 bits per heavy atom. The Morgan fingerprint density at radius 2 is 2.00 bits per heavy atom. The molecule has 18 heavy (non-hydrogen) atoms. The third kappa shape index (κ3) is 2.75. The number of benzene rings is 1. The number of phenolic OH excluding ortho intramolecular Hbond substituents is 1. The predicted molar refractivity (Wildman–Crippen MR) is 72.9 cm³/mol. The number of nitrogens with zero attached hydrogens (tertiary/aromatic N) is 1. The minimum absolute atomic E-state index is 0.0762. The second-order valence-corrected chi connectivity index (χ2v) is 5.37. The minimum Gasteiger partial charge on any atom is -0.505 e. The van der Waals surface area contributed by atoms with E-state index in [0.29, 0.717) is 11.4 Å². The smallest absolute Gasteiger partial charge is 0.275 e. The van der Waals surface area contributed by atoms with Crippen LogP contribution in [0.2, 0.25) is 10.0 Å². The van der Waals surface area contributed by atoms with Crippen LogP contribution in [-0.4, -0.2) is 16.0 Å². The first kappa shape index (κ1) is 13.1. The van der Waals surface area contributed by atoms with Gasteiger partial charge in [0.1, 0.15) is 5.69 Å². The van der Waals surface area contributed by atoms with E-state index in [2.05, 4.69) is 10.3 Å². The molecule has 0 saturated carbocycles. The van der Waals surface area contributed by atoms with Crippen LogP contribution in [0.25, 0.3) is 0 Å². The minimum atomic E-state index is -0.350. The summed E-state index contributed by atoms with van der Waals surface area (Å²) in [6.45, 7) is 1.82. The van der Waals surface area contributed by atoms with Crippen LogP contribution in [0.5, 0.6) is 5.75 Å². The number of rotatable bonds is 2. The number of nitrogens with one attached hydrogen (secondary N) is 1. The van der Waals surface area contributed by atoms with Gasteiger partial charge in [0.2, 0.25) is 0 Å². The van der Waals surface area contributed by atoms with E-state index >= 15 is 0 Å². The van der Waals surface area contributed by atoms with Gasteiger partial charge in [0, 0.05) is 11.1 Å². The Balaban J connectivity index is 2.22. The number of carbonyl (C=O) groups excluding carboxylic acids is 1. The fraction of sp³-hybridized carbons (Fsp3) is 0.0909. The predicted octanol–water partition coefficient (Wildman–Crippen LogP) is 3.72. The van der Waals surface area contributed by atoms with E-state index in [9.17, 15) is 9.90 Å². The number of aromatic hydroxyl groups is 1. The number of hydrogen-bond donors (Lipinski definition) is 2. The summed E-state index contributed by atoms with van der Waals surface area (Å²) in [6, 6.07) is 2.83. The van der Waals surface area contributed by atoms with Crippen LogP contribution in [0.3, 0.4) is 0 Å². The molecule has 0 aliphatic heterocycles. The number of amides is 1. The molecule has 1 aromatic carbocycles. The molecule has 0 spiro atoms. The highest BCUT2D eigenvalue weighted by atomic mass is 35.5. The fourth-order valence-corrected chi connectivity index (χ4v) is 2.38. The summed E-state index contributed by atoms with van der Waals surface area (Å²) >= 11 is 12.9. The molecule has 1 heterocycles. The van der Waals surface area contributed by atoms with Gasteiger partial charge in [-0.15, -0.1) is 11.3 Å². The maximum atomic E-state index is 11.8. The lowest BCUT2D eigenvalue weighted by Crippen LogP contribution is -2.12. The maximum absolute atomic E-state index is 11.8. The molecule has 4 nitrogen and oxygen atoms in total. The zero-order valence-electron chi connectivity index (χ0n) is 9.20. The SMILES string of the molecule is Cc1nc(C(=O)Nc2cc(Cl)c(O)c(Cl)c2)cs1. The van der Waals surface area contributed by atoms with Gasteiger partial charge < -0.3 is 10.4 Å².